The molecule has 2 atom stereocenters. The van der Waals surface area contributed by atoms with E-state index in [0.717, 1.165) is 5.56 Å². The molecule has 0 aliphatic carbocycles. The van der Waals surface area contributed by atoms with E-state index in [1.807, 2.05) is 30.3 Å². The van der Waals surface area contributed by atoms with Crippen LogP contribution in [0.3, 0.4) is 0 Å². The number of amides is 2. The van der Waals surface area contributed by atoms with Gasteiger partial charge in [-0.15, -0.1) is 0 Å². The maximum absolute atomic E-state index is 11.8. The third-order valence-corrected chi connectivity index (χ3v) is 3.73. The summed E-state index contributed by atoms with van der Waals surface area (Å²) in [5.41, 5.74) is 0.840. The molecule has 9 nitrogen and oxygen atoms in total. The zero-order valence-electron chi connectivity index (χ0n) is 14.4. The van der Waals surface area contributed by atoms with Crippen molar-refractivity contribution in [2.24, 2.45) is 5.92 Å². The molecule has 2 rings (SSSR count). The van der Waals surface area contributed by atoms with Crippen LogP contribution in [0.25, 0.3) is 0 Å². The Kier molecular flexibility index (Phi) is 7.84. The molecule has 1 heterocycles. The molecule has 2 N–H and O–H groups in total. The Morgan fingerprint density at radius 1 is 1.23 bits per heavy atom. The van der Waals surface area contributed by atoms with E-state index in [0.29, 0.717) is 0 Å². The molecule has 1 saturated heterocycles. The summed E-state index contributed by atoms with van der Waals surface area (Å²) in [5.74, 6) is -1.65. The van der Waals surface area contributed by atoms with E-state index in [9.17, 15) is 14.4 Å². The Bertz CT molecular complexity index is 602. The molecule has 1 fully saturated rings. The fourth-order valence-corrected chi connectivity index (χ4v) is 2.31. The fraction of sp³-hybridized carbons (Fsp3) is 0.471. The summed E-state index contributed by atoms with van der Waals surface area (Å²) in [6, 6.07) is 9.17. The zero-order valence-corrected chi connectivity index (χ0v) is 14.4. The van der Waals surface area contributed by atoms with E-state index in [4.69, 9.17) is 18.9 Å². The molecule has 1 aliphatic heterocycles. The summed E-state index contributed by atoms with van der Waals surface area (Å²) in [6.07, 6.45) is -1.19. The first-order chi connectivity index (χ1) is 12.6. The maximum atomic E-state index is 11.8. The second-order valence-electron chi connectivity index (χ2n) is 5.54. The Labute approximate surface area is 150 Å². The van der Waals surface area contributed by atoms with Crippen molar-refractivity contribution in [3.8, 4) is 0 Å². The normalized spacial score (nSPS) is 17.2. The number of hydrogen-bond acceptors (Lipinski definition) is 7. The van der Waals surface area contributed by atoms with E-state index >= 15 is 0 Å². The van der Waals surface area contributed by atoms with Gasteiger partial charge >= 0.3 is 12.1 Å². The van der Waals surface area contributed by atoms with Gasteiger partial charge in [0.2, 0.25) is 5.91 Å². The molecule has 0 aromatic heterocycles. The monoisotopic (exact) mass is 366 g/mol. The molecule has 1 aromatic rings. The van der Waals surface area contributed by atoms with Gasteiger partial charge < -0.3 is 29.6 Å². The number of esters is 1. The molecule has 0 unspecified atom stereocenters. The van der Waals surface area contributed by atoms with Gasteiger partial charge in [0.05, 0.1) is 26.4 Å². The van der Waals surface area contributed by atoms with Crippen molar-refractivity contribution in [2.45, 2.75) is 12.7 Å². The maximum Gasteiger partial charge on any atom is 0.407 e. The number of carbonyl (C=O) groups is 3. The minimum Gasteiger partial charge on any atom is -0.469 e. The lowest BCUT2D eigenvalue weighted by Crippen LogP contribution is -2.44. The van der Waals surface area contributed by atoms with E-state index in [2.05, 4.69) is 10.6 Å². The Balaban J connectivity index is 1.68. The van der Waals surface area contributed by atoms with Crippen LogP contribution in [0, 0.1) is 5.92 Å². The van der Waals surface area contributed by atoms with Crippen LogP contribution >= 0.6 is 0 Å². The van der Waals surface area contributed by atoms with Crippen LogP contribution in [-0.4, -0.2) is 57.7 Å². The Morgan fingerprint density at radius 2 is 2.00 bits per heavy atom. The second kappa shape index (κ2) is 10.4. The first-order valence-corrected chi connectivity index (χ1v) is 8.08. The van der Waals surface area contributed by atoms with Crippen molar-refractivity contribution in [1.29, 1.82) is 0 Å². The summed E-state index contributed by atoms with van der Waals surface area (Å²) in [6.45, 7) is 0.197. The van der Waals surface area contributed by atoms with Crippen LogP contribution in [0.2, 0.25) is 0 Å². The zero-order chi connectivity index (χ0) is 18.8. The molecule has 2 amide bonds. The minimum absolute atomic E-state index is 0.0142. The van der Waals surface area contributed by atoms with Crippen LogP contribution in [-0.2, 0) is 35.1 Å². The molecule has 1 aromatic carbocycles. The highest BCUT2D eigenvalue weighted by Crippen LogP contribution is 2.15. The van der Waals surface area contributed by atoms with Gasteiger partial charge in [0, 0.05) is 6.54 Å². The minimum atomic E-state index is -0.707. The van der Waals surface area contributed by atoms with Gasteiger partial charge in [0.25, 0.3) is 0 Å². The summed E-state index contributed by atoms with van der Waals surface area (Å²) in [5, 5.41) is 4.90. The Hall–Kier alpha value is -2.65. The molecular formula is C17H22N2O7. The van der Waals surface area contributed by atoms with Crippen molar-refractivity contribution < 1.29 is 33.3 Å². The van der Waals surface area contributed by atoms with Crippen molar-refractivity contribution in [1.82, 2.24) is 10.6 Å². The van der Waals surface area contributed by atoms with Crippen LogP contribution in [0.4, 0.5) is 4.79 Å². The molecule has 142 valence electrons. The highest BCUT2D eigenvalue weighted by atomic mass is 16.7. The third kappa shape index (κ3) is 6.34. The van der Waals surface area contributed by atoms with Gasteiger partial charge in [-0.1, -0.05) is 30.3 Å². The van der Waals surface area contributed by atoms with Crippen LogP contribution < -0.4 is 10.6 Å². The molecule has 0 bridgehead atoms. The first-order valence-electron chi connectivity index (χ1n) is 8.08. The summed E-state index contributed by atoms with van der Waals surface area (Å²) >= 11 is 0. The van der Waals surface area contributed by atoms with Gasteiger partial charge in [-0.25, -0.2) is 4.79 Å². The number of hydrogen-bond donors (Lipinski definition) is 2. The SMILES string of the molecule is COC(=O)[C@@H](CNC(=O)CNC(=O)OCc1ccccc1)[C@H]1COCO1. The van der Waals surface area contributed by atoms with Crippen molar-refractivity contribution in [3.63, 3.8) is 0 Å². The van der Waals surface area contributed by atoms with Crippen LogP contribution in [0.5, 0.6) is 0 Å². The van der Waals surface area contributed by atoms with Gasteiger partial charge in [-0.3, -0.25) is 9.59 Å². The average Bonchev–Trinajstić information content (AvgIpc) is 3.19. The molecule has 0 saturated carbocycles. The van der Waals surface area contributed by atoms with Crippen molar-refractivity contribution in [2.75, 3.05) is 33.6 Å². The van der Waals surface area contributed by atoms with E-state index in [1.54, 1.807) is 0 Å². The number of nitrogens with one attached hydrogen (secondary N) is 2. The highest BCUT2D eigenvalue weighted by Gasteiger charge is 2.33. The number of benzene rings is 1. The van der Waals surface area contributed by atoms with Crippen molar-refractivity contribution in [3.05, 3.63) is 35.9 Å². The number of alkyl carbamates (subject to hydrolysis) is 1. The molecule has 0 radical (unpaired) electrons. The van der Waals surface area contributed by atoms with Crippen molar-refractivity contribution >= 4 is 18.0 Å². The number of methoxy groups -OCH3 is 1. The smallest absolute Gasteiger partial charge is 0.407 e. The molecule has 26 heavy (non-hydrogen) atoms. The highest BCUT2D eigenvalue weighted by molar-refractivity contribution is 5.82. The lowest BCUT2D eigenvalue weighted by molar-refractivity contribution is -0.149. The van der Waals surface area contributed by atoms with E-state index in [-0.39, 0.29) is 33.1 Å². The third-order valence-electron chi connectivity index (χ3n) is 3.73. The largest absolute Gasteiger partial charge is 0.469 e. The predicted molar refractivity (Wildman–Crippen MR) is 88.8 cm³/mol. The van der Waals surface area contributed by atoms with Gasteiger partial charge in [0.15, 0.2) is 0 Å². The number of ether oxygens (including phenoxy) is 4. The van der Waals surface area contributed by atoms with Crippen LogP contribution in [0.15, 0.2) is 30.3 Å². The lowest BCUT2D eigenvalue weighted by Gasteiger charge is -2.19. The van der Waals surface area contributed by atoms with Gasteiger partial charge in [0.1, 0.15) is 19.3 Å². The quantitative estimate of drug-likeness (QED) is 0.632. The first kappa shape index (κ1) is 19.7. The summed E-state index contributed by atoms with van der Waals surface area (Å²) < 4.78 is 20.1. The van der Waals surface area contributed by atoms with E-state index < -0.39 is 30.0 Å². The molecule has 0 spiro atoms. The standard InChI is InChI=1S/C17H22N2O7/c1-23-16(21)13(14-10-24-11-26-14)7-18-15(20)8-19-17(22)25-9-12-5-3-2-4-6-12/h2-6,13-14H,7-11H2,1H3,(H,18,20)(H,19,22)/t13-,14+/m0/s1. The predicted octanol–water partition coefficient (Wildman–Crippen LogP) is 0.191. The number of carbonyl (C=O) groups excluding carboxylic acids is 3. The lowest BCUT2D eigenvalue weighted by atomic mass is 10.0. The second-order valence-corrected chi connectivity index (χ2v) is 5.54. The average molecular weight is 366 g/mol. The van der Waals surface area contributed by atoms with E-state index in [1.165, 1.54) is 7.11 Å². The van der Waals surface area contributed by atoms with Gasteiger partial charge in [-0.2, -0.15) is 0 Å². The summed E-state index contributed by atoms with van der Waals surface area (Å²) in [4.78, 5) is 35.2. The fourth-order valence-electron chi connectivity index (χ4n) is 2.31. The number of rotatable bonds is 8. The molecular weight excluding hydrogens is 344 g/mol. The summed E-state index contributed by atoms with van der Waals surface area (Å²) in [7, 11) is 1.26. The van der Waals surface area contributed by atoms with Crippen LogP contribution in [0.1, 0.15) is 5.56 Å². The molecule has 1 aliphatic rings. The Morgan fingerprint density at radius 3 is 2.65 bits per heavy atom. The topological polar surface area (TPSA) is 112 Å². The molecule has 9 heteroatoms. The van der Waals surface area contributed by atoms with Gasteiger partial charge in [-0.05, 0) is 5.56 Å².